The summed E-state index contributed by atoms with van der Waals surface area (Å²) in [6, 6.07) is 3.23. The van der Waals surface area contributed by atoms with Crippen molar-refractivity contribution < 1.29 is 9.42 Å². The maximum atomic E-state index is 12.9. The normalized spacial score (nSPS) is 17.8. The van der Waals surface area contributed by atoms with Gasteiger partial charge in [0.2, 0.25) is 5.91 Å². The van der Waals surface area contributed by atoms with Crippen LogP contribution in [0, 0.1) is 13.8 Å². The van der Waals surface area contributed by atoms with Gasteiger partial charge in [0.1, 0.15) is 11.4 Å². The standard InChI is InChI=1S/C17H20N6O3/c1-10-7-17(25)23-15(18-10)8-13(19-23)14-5-3-4-6-22(14)16(24)9-12-11(2)20-26-21-12/h7-8,14,19H,3-6,9H2,1-2H3. The number of amides is 1. The van der Waals surface area contributed by atoms with E-state index < -0.39 is 0 Å². The first-order chi connectivity index (χ1) is 12.5. The Hall–Kier alpha value is -2.97. The van der Waals surface area contributed by atoms with Crippen molar-refractivity contribution in [2.75, 3.05) is 6.54 Å². The van der Waals surface area contributed by atoms with Gasteiger partial charge in [0.15, 0.2) is 5.65 Å². The van der Waals surface area contributed by atoms with E-state index >= 15 is 0 Å². The van der Waals surface area contributed by atoms with Crippen molar-refractivity contribution in [2.24, 2.45) is 0 Å². The van der Waals surface area contributed by atoms with Crippen LogP contribution in [-0.2, 0) is 11.2 Å². The fourth-order valence-corrected chi connectivity index (χ4v) is 3.51. The third kappa shape index (κ3) is 2.89. The zero-order valence-corrected chi connectivity index (χ0v) is 14.7. The molecule has 4 heterocycles. The van der Waals surface area contributed by atoms with Crippen LogP contribution in [0.25, 0.3) is 5.65 Å². The molecule has 136 valence electrons. The molecule has 1 amide bonds. The lowest BCUT2D eigenvalue weighted by molar-refractivity contribution is -0.134. The number of hydrogen-bond acceptors (Lipinski definition) is 6. The Labute approximate surface area is 149 Å². The molecule has 1 unspecified atom stereocenters. The molecule has 3 aromatic rings. The molecular formula is C17H20N6O3. The number of hydrogen-bond donors (Lipinski definition) is 1. The topological polar surface area (TPSA) is 109 Å². The SMILES string of the molecule is Cc1cc(=O)n2[nH]c(C3CCCCN3C(=O)Cc3nonc3C)cc2n1. The summed E-state index contributed by atoms with van der Waals surface area (Å²) in [5.41, 5.74) is 3.10. The molecule has 1 fully saturated rings. The van der Waals surface area contributed by atoms with E-state index in [2.05, 4.69) is 25.0 Å². The van der Waals surface area contributed by atoms with Crippen LogP contribution in [0.2, 0.25) is 0 Å². The Morgan fingerprint density at radius 2 is 2.15 bits per heavy atom. The Kier molecular flexibility index (Phi) is 4.06. The molecule has 0 aromatic carbocycles. The van der Waals surface area contributed by atoms with Crippen LogP contribution in [0.5, 0.6) is 0 Å². The van der Waals surface area contributed by atoms with E-state index in [4.69, 9.17) is 0 Å². The zero-order valence-electron chi connectivity index (χ0n) is 14.7. The average Bonchev–Trinajstić information content (AvgIpc) is 3.21. The maximum absolute atomic E-state index is 12.9. The van der Waals surface area contributed by atoms with Crippen molar-refractivity contribution in [2.45, 2.75) is 45.6 Å². The Balaban J connectivity index is 1.65. The Bertz CT molecular complexity index is 1020. The highest BCUT2D eigenvalue weighted by Crippen LogP contribution is 2.31. The summed E-state index contributed by atoms with van der Waals surface area (Å²) in [5, 5.41) is 10.7. The Morgan fingerprint density at radius 1 is 1.31 bits per heavy atom. The summed E-state index contributed by atoms with van der Waals surface area (Å²) in [7, 11) is 0. The first kappa shape index (κ1) is 16.5. The lowest BCUT2D eigenvalue weighted by Gasteiger charge is -2.35. The van der Waals surface area contributed by atoms with Gasteiger partial charge in [-0.25, -0.2) is 14.1 Å². The average molecular weight is 356 g/mol. The minimum absolute atomic E-state index is 0.0244. The summed E-state index contributed by atoms with van der Waals surface area (Å²) in [4.78, 5) is 31.2. The van der Waals surface area contributed by atoms with Crippen LogP contribution in [0.15, 0.2) is 21.6 Å². The van der Waals surface area contributed by atoms with E-state index in [9.17, 15) is 9.59 Å². The number of carbonyl (C=O) groups is 1. The molecule has 0 bridgehead atoms. The van der Waals surface area contributed by atoms with Gasteiger partial charge in [0.25, 0.3) is 5.56 Å². The van der Waals surface area contributed by atoms with Crippen LogP contribution in [0.3, 0.4) is 0 Å². The molecule has 26 heavy (non-hydrogen) atoms. The van der Waals surface area contributed by atoms with Crippen molar-refractivity contribution in [3.05, 3.63) is 45.3 Å². The molecule has 9 nitrogen and oxygen atoms in total. The van der Waals surface area contributed by atoms with Crippen LogP contribution in [0.1, 0.15) is 48.1 Å². The molecule has 1 aliphatic rings. The second-order valence-corrected chi connectivity index (χ2v) is 6.71. The number of rotatable bonds is 3. The molecule has 0 radical (unpaired) electrons. The highest BCUT2D eigenvalue weighted by molar-refractivity contribution is 5.79. The molecule has 1 N–H and O–H groups in total. The van der Waals surface area contributed by atoms with Gasteiger partial charge in [-0.2, -0.15) is 0 Å². The highest BCUT2D eigenvalue weighted by atomic mass is 16.6. The van der Waals surface area contributed by atoms with Gasteiger partial charge in [-0.3, -0.25) is 14.7 Å². The van der Waals surface area contributed by atoms with E-state index in [-0.39, 0.29) is 23.9 Å². The number of likely N-dealkylation sites (tertiary alicyclic amines) is 1. The van der Waals surface area contributed by atoms with Crippen molar-refractivity contribution in [3.63, 3.8) is 0 Å². The number of aromatic nitrogens is 5. The fourth-order valence-electron chi connectivity index (χ4n) is 3.51. The molecule has 4 rings (SSSR count). The van der Waals surface area contributed by atoms with Crippen LogP contribution < -0.4 is 5.56 Å². The van der Waals surface area contributed by atoms with E-state index in [0.717, 1.165) is 25.0 Å². The van der Waals surface area contributed by atoms with E-state index in [1.165, 1.54) is 10.6 Å². The number of nitrogens with one attached hydrogen (secondary N) is 1. The number of aromatic amines is 1. The fraction of sp³-hybridized carbons (Fsp3) is 0.471. The number of fused-ring (bicyclic) bond motifs is 1. The summed E-state index contributed by atoms with van der Waals surface area (Å²) in [6.07, 6.45) is 2.97. The molecular weight excluding hydrogens is 336 g/mol. The number of nitrogens with zero attached hydrogens (tertiary/aromatic N) is 5. The van der Waals surface area contributed by atoms with Crippen LogP contribution in [0.4, 0.5) is 0 Å². The lowest BCUT2D eigenvalue weighted by atomic mass is 9.98. The third-order valence-electron chi connectivity index (χ3n) is 4.85. The third-order valence-corrected chi connectivity index (χ3v) is 4.85. The molecule has 3 aromatic heterocycles. The molecule has 0 spiro atoms. The second-order valence-electron chi connectivity index (χ2n) is 6.71. The largest absolute Gasteiger partial charge is 0.334 e. The summed E-state index contributed by atoms with van der Waals surface area (Å²) in [6.45, 7) is 4.23. The molecule has 0 saturated carbocycles. The number of H-pyrrole nitrogens is 1. The van der Waals surface area contributed by atoms with Crippen molar-refractivity contribution >= 4 is 11.6 Å². The minimum atomic E-state index is -0.156. The van der Waals surface area contributed by atoms with Gasteiger partial charge >= 0.3 is 0 Å². The first-order valence-electron chi connectivity index (χ1n) is 8.70. The van der Waals surface area contributed by atoms with Gasteiger partial charge in [-0.15, -0.1) is 0 Å². The highest BCUT2D eigenvalue weighted by Gasteiger charge is 2.30. The van der Waals surface area contributed by atoms with E-state index in [1.54, 1.807) is 13.8 Å². The van der Waals surface area contributed by atoms with Gasteiger partial charge in [-0.05, 0) is 33.1 Å². The van der Waals surface area contributed by atoms with Gasteiger partial charge in [0, 0.05) is 24.4 Å². The summed E-state index contributed by atoms with van der Waals surface area (Å²) in [5.74, 6) is -0.0244. The van der Waals surface area contributed by atoms with Crippen LogP contribution >= 0.6 is 0 Å². The number of carbonyl (C=O) groups excluding carboxylic acids is 1. The number of piperidine rings is 1. The molecule has 1 saturated heterocycles. The zero-order chi connectivity index (χ0) is 18.3. The van der Waals surface area contributed by atoms with E-state index in [1.807, 2.05) is 11.0 Å². The van der Waals surface area contributed by atoms with Crippen molar-refractivity contribution in [3.8, 4) is 0 Å². The van der Waals surface area contributed by atoms with Gasteiger partial charge < -0.3 is 4.90 Å². The summed E-state index contributed by atoms with van der Waals surface area (Å²) >= 11 is 0. The predicted octanol–water partition coefficient (Wildman–Crippen LogP) is 1.32. The Morgan fingerprint density at radius 3 is 2.92 bits per heavy atom. The van der Waals surface area contributed by atoms with Crippen LogP contribution in [-0.4, -0.2) is 42.3 Å². The minimum Gasteiger partial charge on any atom is -0.334 e. The second kappa shape index (κ2) is 6.40. The van der Waals surface area contributed by atoms with Gasteiger partial charge in [0.05, 0.1) is 18.2 Å². The molecule has 1 atom stereocenters. The molecule has 1 aliphatic heterocycles. The predicted molar refractivity (Wildman–Crippen MR) is 91.6 cm³/mol. The maximum Gasteiger partial charge on any atom is 0.272 e. The molecule has 0 aliphatic carbocycles. The quantitative estimate of drug-likeness (QED) is 0.758. The monoisotopic (exact) mass is 356 g/mol. The number of aryl methyl sites for hydroxylation is 2. The van der Waals surface area contributed by atoms with E-state index in [0.29, 0.717) is 29.3 Å². The van der Waals surface area contributed by atoms with Gasteiger partial charge in [-0.1, -0.05) is 10.3 Å². The summed E-state index contributed by atoms with van der Waals surface area (Å²) < 4.78 is 6.11. The lowest BCUT2D eigenvalue weighted by Crippen LogP contribution is -2.39. The molecule has 9 heteroatoms. The van der Waals surface area contributed by atoms with Crippen molar-refractivity contribution in [1.29, 1.82) is 0 Å². The smallest absolute Gasteiger partial charge is 0.272 e. The first-order valence-corrected chi connectivity index (χ1v) is 8.70. The van der Waals surface area contributed by atoms with Crippen molar-refractivity contribution in [1.82, 2.24) is 29.8 Å².